The van der Waals surface area contributed by atoms with Gasteiger partial charge in [-0.2, -0.15) is 4.98 Å². The Kier molecular flexibility index (Phi) is 5.79. The van der Waals surface area contributed by atoms with Crippen molar-refractivity contribution >= 4 is 40.8 Å². The number of halogens is 1. The number of hydrogen-bond donors (Lipinski definition) is 1. The number of amides is 1. The van der Waals surface area contributed by atoms with Crippen molar-refractivity contribution in [2.75, 3.05) is 5.32 Å². The van der Waals surface area contributed by atoms with E-state index in [0.29, 0.717) is 32.9 Å². The Hall–Kier alpha value is -3.17. The molecule has 1 aliphatic rings. The summed E-state index contributed by atoms with van der Waals surface area (Å²) in [6.07, 6.45) is 0.0140. The lowest BCUT2D eigenvalue weighted by molar-refractivity contribution is -0.384. The number of nitrogens with zero attached hydrogens (tertiary/aromatic N) is 3. The van der Waals surface area contributed by atoms with Gasteiger partial charge in [-0.1, -0.05) is 47.6 Å². The Morgan fingerprint density at radius 2 is 2.03 bits per heavy atom. The second kappa shape index (κ2) is 8.52. The van der Waals surface area contributed by atoms with Gasteiger partial charge in [0.2, 0.25) is 5.91 Å². The van der Waals surface area contributed by atoms with Crippen LogP contribution in [0.3, 0.4) is 0 Å². The molecule has 0 aliphatic carbocycles. The molecule has 4 rings (SSSR count). The van der Waals surface area contributed by atoms with E-state index in [1.54, 1.807) is 29.8 Å². The molecular weight excluding hydrogens is 440 g/mol. The quantitative estimate of drug-likeness (QED) is 0.268. The average molecular weight is 457 g/mol. The molecule has 1 aromatic heterocycles. The minimum absolute atomic E-state index is 0.0140. The van der Waals surface area contributed by atoms with Crippen molar-refractivity contribution in [2.45, 2.75) is 23.2 Å². The largest absolute Gasteiger partial charge is 0.312 e. The molecule has 0 radical (unpaired) electrons. The summed E-state index contributed by atoms with van der Waals surface area (Å²) < 4.78 is 1.67. The van der Waals surface area contributed by atoms with Gasteiger partial charge in [-0.05, 0) is 23.3 Å². The van der Waals surface area contributed by atoms with E-state index in [9.17, 15) is 19.7 Å². The van der Waals surface area contributed by atoms with Gasteiger partial charge in [0.05, 0.1) is 10.5 Å². The number of anilines is 1. The first kappa shape index (κ1) is 21.1. The van der Waals surface area contributed by atoms with E-state index in [-0.39, 0.29) is 18.0 Å². The van der Waals surface area contributed by atoms with Crippen molar-refractivity contribution in [3.8, 4) is 0 Å². The summed E-state index contributed by atoms with van der Waals surface area (Å²) in [7, 11) is 1.72. The van der Waals surface area contributed by atoms with Gasteiger partial charge < -0.3 is 9.88 Å². The molecule has 1 aliphatic heterocycles. The minimum atomic E-state index is -0.609. The van der Waals surface area contributed by atoms with Gasteiger partial charge >= 0.3 is 0 Å². The summed E-state index contributed by atoms with van der Waals surface area (Å²) in [5, 5.41) is 15.0. The molecule has 2 heterocycles. The van der Waals surface area contributed by atoms with Crippen molar-refractivity contribution in [1.29, 1.82) is 0 Å². The second-order valence-corrected chi connectivity index (χ2v) is 8.48. The van der Waals surface area contributed by atoms with Crippen molar-refractivity contribution in [1.82, 2.24) is 9.55 Å². The van der Waals surface area contributed by atoms with Gasteiger partial charge in [-0.15, -0.1) is 0 Å². The van der Waals surface area contributed by atoms with E-state index in [1.807, 2.05) is 18.2 Å². The van der Waals surface area contributed by atoms with Crippen molar-refractivity contribution in [2.24, 2.45) is 7.05 Å². The number of nitro benzene ring substituents is 1. The van der Waals surface area contributed by atoms with Crippen LogP contribution in [0.5, 0.6) is 0 Å². The molecule has 1 N–H and O–H groups in total. The van der Waals surface area contributed by atoms with Crippen LogP contribution >= 0.6 is 23.4 Å². The lowest BCUT2D eigenvalue weighted by Crippen LogP contribution is -2.33. The van der Waals surface area contributed by atoms with Crippen molar-refractivity contribution < 1.29 is 9.72 Å². The maximum Gasteiger partial charge on any atom is 0.279 e. The zero-order chi connectivity index (χ0) is 22.1. The summed E-state index contributed by atoms with van der Waals surface area (Å²) >= 11 is 7.38. The fraction of sp³-hybridized carbons (Fsp3) is 0.190. The minimum Gasteiger partial charge on any atom is -0.312 e. The van der Waals surface area contributed by atoms with Crippen molar-refractivity contribution in [3.05, 3.63) is 90.7 Å². The predicted molar refractivity (Wildman–Crippen MR) is 119 cm³/mol. The summed E-state index contributed by atoms with van der Waals surface area (Å²) in [4.78, 5) is 40.3. The Bertz CT molecular complexity index is 1260. The molecule has 158 valence electrons. The predicted octanol–water partition coefficient (Wildman–Crippen LogP) is 4.11. The number of non-ortho nitro benzene ring substituents is 1. The smallest absolute Gasteiger partial charge is 0.279 e. The molecule has 0 saturated heterocycles. The number of fused-ring (bicyclic) bond motifs is 1. The summed E-state index contributed by atoms with van der Waals surface area (Å²) in [6.45, 7) is 0. The van der Waals surface area contributed by atoms with E-state index >= 15 is 0 Å². The highest BCUT2D eigenvalue weighted by Gasteiger charge is 2.32. The van der Waals surface area contributed by atoms with Crippen LogP contribution in [0.4, 0.5) is 11.5 Å². The Labute approximate surface area is 186 Å². The number of carbonyl (C=O) groups is 1. The molecule has 1 unspecified atom stereocenters. The summed E-state index contributed by atoms with van der Waals surface area (Å²) in [5.41, 5.74) is 1.28. The van der Waals surface area contributed by atoms with Crippen LogP contribution in [-0.2, 0) is 17.6 Å². The number of benzene rings is 2. The zero-order valence-corrected chi connectivity index (χ0v) is 17.9. The fourth-order valence-electron chi connectivity index (χ4n) is 3.58. The molecule has 2 aromatic carbocycles. The normalized spacial score (nSPS) is 15.3. The van der Waals surface area contributed by atoms with Gasteiger partial charge in [-0.25, -0.2) is 0 Å². The Morgan fingerprint density at radius 3 is 2.77 bits per heavy atom. The molecule has 0 saturated carbocycles. The van der Waals surface area contributed by atoms with Crippen LogP contribution in [0.1, 0.15) is 29.0 Å². The van der Waals surface area contributed by atoms with Crippen molar-refractivity contribution in [3.63, 3.8) is 0 Å². The topological polar surface area (TPSA) is 107 Å². The number of thioether (sulfide) groups is 1. The molecule has 1 amide bonds. The molecule has 0 fully saturated rings. The molecule has 8 nitrogen and oxygen atoms in total. The lowest BCUT2D eigenvalue weighted by atomic mass is 9.86. The molecule has 10 heteroatoms. The van der Waals surface area contributed by atoms with E-state index < -0.39 is 16.4 Å². The lowest BCUT2D eigenvalue weighted by Gasteiger charge is -2.27. The third-order valence-electron chi connectivity index (χ3n) is 5.04. The zero-order valence-electron chi connectivity index (χ0n) is 16.4. The van der Waals surface area contributed by atoms with E-state index in [2.05, 4.69) is 10.3 Å². The van der Waals surface area contributed by atoms with E-state index in [1.165, 1.54) is 23.9 Å². The SMILES string of the molecule is Cn1c(SCc2cccc(Cl)c2)nc(=O)c2c1NC(=O)CC2c1cccc([N+](=O)[O-])c1. The third-order valence-corrected chi connectivity index (χ3v) is 6.38. The standard InChI is InChI=1S/C21H17ClN4O4S/c1-25-19-18(20(28)24-21(25)31-11-12-4-2-6-14(22)8-12)16(10-17(27)23-19)13-5-3-7-15(9-13)26(29)30/h2-9,16H,10-11H2,1H3,(H,23,27). The number of aromatic nitrogens is 2. The molecular formula is C21H17ClN4O4S. The number of rotatable bonds is 5. The van der Waals surface area contributed by atoms with Crippen LogP contribution < -0.4 is 10.9 Å². The number of nitro groups is 1. The molecule has 3 aromatic rings. The molecule has 1 atom stereocenters. The average Bonchev–Trinajstić information content (AvgIpc) is 2.74. The van der Waals surface area contributed by atoms with Crippen LogP contribution in [0, 0.1) is 10.1 Å². The number of nitrogens with one attached hydrogen (secondary N) is 1. The van der Waals surface area contributed by atoms with Gasteiger partial charge in [-0.3, -0.25) is 19.7 Å². The second-order valence-electron chi connectivity index (χ2n) is 7.10. The first-order valence-electron chi connectivity index (χ1n) is 9.36. The number of carbonyl (C=O) groups excluding carboxylic acids is 1. The Morgan fingerprint density at radius 1 is 1.26 bits per heavy atom. The third kappa shape index (κ3) is 4.33. The fourth-order valence-corrected chi connectivity index (χ4v) is 4.70. The van der Waals surface area contributed by atoms with Gasteiger partial charge in [0, 0.05) is 42.3 Å². The summed E-state index contributed by atoms with van der Waals surface area (Å²) in [5.74, 6) is 0.0289. The molecule has 0 bridgehead atoms. The van der Waals surface area contributed by atoms with Gasteiger partial charge in [0.25, 0.3) is 11.2 Å². The van der Waals surface area contributed by atoms with Crippen LogP contribution in [0.25, 0.3) is 0 Å². The first-order chi connectivity index (χ1) is 14.8. The Balaban J connectivity index is 1.73. The maximum absolute atomic E-state index is 13.0. The number of hydrogen-bond acceptors (Lipinski definition) is 6. The van der Waals surface area contributed by atoms with Crippen LogP contribution in [0.2, 0.25) is 5.02 Å². The van der Waals surface area contributed by atoms with E-state index in [0.717, 1.165) is 5.56 Å². The van der Waals surface area contributed by atoms with Crippen LogP contribution in [0.15, 0.2) is 58.5 Å². The highest BCUT2D eigenvalue weighted by molar-refractivity contribution is 7.98. The monoisotopic (exact) mass is 456 g/mol. The maximum atomic E-state index is 13.0. The van der Waals surface area contributed by atoms with Gasteiger partial charge in [0.1, 0.15) is 5.82 Å². The first-order valence-corrected chi connectivity index (χ1v) is 10.7. The van der Waals surface area contributed by atoms with Crippen LogP contribution in [-0.4, -0.2) is 20.4 Å². The molecule has 0 spiro atoms. The highest BCUT2D eigenvalue weighted by atomic mass is 35.5. The van der Waals surface area contributed by atoms with Gasteiger partial charge in [0.15, 0.2) is 5.16 Å². The summed E-state index contributed by atoms with van der Waals surface area (Å²) in [6, 6.07) is 13.4. The van der Waals surface area contributed by atoms with E-state index in [4.69, 9.17) is 11.6 Å². The molecule has 31 heavy (non-hydrogen) atoms. The highest BCUT2D eigenvalue weighted by Crippen LogP contribution is 2.37.